The van der Waals surface area contributed by atoms with Crippen molar-refractivity contribution in [2.24, 2.45) is 14.1 Å². The van der Waals surface area contributed by atoms with Crippen LogP contribution in [0.15, 0.2) is 249 Å². The van der Waals surface area contributed by atoms with E-state index in [1.165, 1.54) is 89.2 Å². The summed E-state index contributed by atoms with van der Waals surface area (Å²) in [6.45, 7) is 23.8. The van der Waals surface area contributed by atoms with Crippen LogP contribution in [0.25, 0.3) is 22.5 Å². The van der Waals surface area contributed by atoms with Crippen molar-refractivity contribution in [1.82, 2.24) is 0 Å². The predicted octanol–water partition coefficient (Wildman–Crippen LogP) is 18.8. The lowest BCUT2D eigenvalue weighted by atomic mass is 9.88. The Morgan fingerprint density at radius 3 is 1.21 bits per heavy atom. The fourth-order valence-electron chi connectivity index (χ4n) is 12.0. The lowest BCUT2D eigenvalue weighted by molar-refractivity contribution is -0.661. The minimum atomic E-state index is -2.16. The number of pyridine rings is 2. The van der Waals surface area contributed by atoms with E-state index in [2.05, 4.69) is 319 Å². The van der Waals surface area contributed by atoms with Gasteiger partial charge in [-0.1, -0.05) is 161 Å². The highest BCUT2D eigenvalue weighted by molar-refractivity contribution is 5.85. The van der Waals surface area contributed by atoms with Gasteiger partial charge in [0.15, 0.2) is 12.4 Å². The van der Waals surface area contributed by atoms with Crippen LogP contribution in [-0.4, -0.2) is 32.5 Å². The molecule has 3 unspecified atom stereocenters. The van der Waals surface area contributed by atoms with E-state index in [0.29, 0.717) is 12.3 Å². The number of aryl methyl sites for hydroxylation is 8. The molecule has 2 aromatic heterocycles. The molecular weight excluding hydrogens is 1080 g/mol. The number of para-hydroxylation sites is 8. The molecule has 13 rings (SSSR count). The third-order valence-electron chi connectivity index (χ3n) is 17.4. The maximum atomic E-state index is 7.83. The van der Waals surface area contributed by atoms with Gasteiger partial charge in [-0.15, -0.1) is 0 Å². The van der Waals surface area contributed by atoms with Gasteiger partial charge in [-0.05, 0) is 174 Å². The predicted molar refractivity (Wildman–Crippen MR) is 380 cm³/mol. The molecule has 0 saturated heterocycles. The van der Waals surface area contributed by atoms with E-state index >= 15 is 0 Å². The summed E-state index contributed by atoms with van der Waals surface area (Å²) in [7, 11) is 6.39. The zero-order valence-corrected chi connectivity index (χ0v) is 55.2. The van der Waals surface area contributed by atoms with Crippen LogP contribution in [0.3, 0.4) is 0 Å². The lowest BCUT2D eigenvalue weighted by Crippen LogP contribution is -2.36. The Kier molecular flexibility index (Phi) is 19.3. The van der Waals surface area contributed by atoms with Crippen molar-refractivity contribution in [1.29, 1.82) is 0 Å². The highest BCUT2D eigenvalue weighted by Crippen LogP contribution is 2.45. The number of benzene rings is 8. The van der Waals surface area contributed by atoms with Crippen LogP contribution < -0.4 is 38.5 Å². The standard InChI is InChI=1S/C17H18N2.C17H22N.2C16H18N2.C15H18N/c1-14-8-6-7-11-17(14)19-13-12-18(15(19)2)16-9-4-3-5-10-16;1-13-8-6-7-9-15(13)16-11-10-14(12-18(16)5)17(2,3)4;2*1-12-8-4-5-9-14(12)18-13(2)17(3)15-10-6-7-11-16(15)18;1-4-13-9-10-15(16(3)11-13)14-8-6-5-7-12(14)2/h3-13,15H,1-2H3;6-12H,1-5H3;2*4-11,13H,1-3H3;5-11H,4H2,1-3H3/q;+1;;;+1/i;;3D3;;. The molecule has 89 heavy (non-hydrogen) atoms. The number of nitrogens with zero attached hydrogens (tertiary/aromatic N) is 8. The van der Waals surface area contributed by atoms with Gasteiger partial charge < -0.3 is 29.4 Å². The molecule has 0 bridgehead atoms. The molecule has 8 nitrogen and oxygen atoms in total. The molecule has 0 spiro atoms. The van der Waals surface area contributed by atoms with E-state index in [9.17, 15) is 0 Å². The van der Waals surface area contributed by atoms with Crippen molar-refractivity contribution >= 4 is 45.5 Å². The summed E-state index contributed by atoms with van der Waals surface area (Å²) in [5.41, 5.74) is 23.6. The lowest BCUT2D eigenvalue weighted by Gasteiger charge is -2.30. The van der Waals surface area contributed by atoms with E-state index in [4.69, 9.17) is 4.11 Å². The molecule has 0 radical (unpaired) electrons. The van der Waals surface area contributed by atoms with Crippen molar-refractivity contribution in [3.05, 3.63) is 288 Å². The second-order valence-electron chi connectivity index (χ2n) is 24.6. The Morgan fingerprint density at radius 1 is 0.393 bits per heavy atom. The highest BCUT2D eigenvalue weighted by atomic mass is 15.4. The Labute approximate surface area is 537 Å². The first-order chi connectivity index (χ1) is 44.0. The summed E-state index contributed by atoms with van der Waals surface area (Å²) >= 11 is 0. The second kappa shape index (κ2) is 28.6. The third-order valence-corrected chi connectivity index (χ3v) is 17.4. The number of hydrogen-bond acceptors (Lipinski definition) is 6. The minimum Gasteiger partial charge on any atom is -0.353 e. The fraction of sp³-hybridized carbons (Fsp3) is 0.259. The van der Waals surface area contributed by atoms with Gasteiger partial charge in [0.2, 0.25) is 11.4 Å². The maximum Gasteiger partial charge on any atom is 0.212 e. The van der Waals surface area contributed by atoms with E-state index < -0.39 is 6.98 Å². The molecular formula is C81H94N8+2. The average molecular weight is 1180 g/mol. The monoisotopic (exact) mass is 1180 g/mol. The minimum absolute atomic E-state index is 0.196. The summed E-state index contributed by atoms with van der Waals surface area (Å²) in [5.74, 6) is 0. The second-order valence-corrected chi connectivity index (χ2v) is 24.6. The van der Waals surface area contributed by atoms with E-state index in [1.807, 2.05) is 68.4 Å². The van der Waals surface area contributed by atoms with E-state index in [-0.39, 0.29) is 11.6 Å². The van der Waals surface area contributed by atoms with Crippen LogP contribution in [0, 0.1) is 34.6 Å². The van der Waals surface area contributed by atoms with Crippen LogP contribution >= 0.6 is 0 Å². The quantitative estimate of drug-likeness (QED) is 0.148. The zero-order valence-electron chi connectivity index (χ0n) is 58.2. The largest absolute Gasteiger partial charge is 0.353 e. The average Bonchev–Trinajstić information content (AvgIpc) is 1.62. The van der Waals surface area contributed by atoms with Crippen LogP contribution in [0.2, 0.25) is 0 Å². The first-order valence-corrected chi connectivity index (χ1v) is 31.4. The Bertz CT molecular complexity index is 4130. The zero-order chi connectivity index (χ0) is 66.0. The smallest absolute Gasteiger partial charge is 0.212 e. The molecule has 0 saturated carbocycles. The first kappa shape index (κ1) is 59.9. The van der Waals surface area contributed by atoms with Gasteiger partial charge >= 0.3 is 0 Å². The summed E-state index contributed by atoms with van der Waals surface area (Å²) in [6.07, 6.45) is 10.2. The van der Waals surface area contributed by atoms with Crippen LogP contribution in [0.5, 0.6) is 0 Å². The molecule has 456 valence electrons. The van der Waals surface area contributed by atoms with Crippen molar-refractivity contribution < 1.29 is 13.2 Å². The molecule has 0 amide bonds. The van der Waals surface area contributed by atoms with Crippen LogP contribution in [-0.2, 0) is 25.9 Å². The van der Waals surface area contributed by atoms with Gasteiger partial charge in [0.1, 0.15) is 32.6 Å². The number of rotatable bonds is 7. The third kappa shape index (κ3) is 14.5. The molecule has 8 aromatic carbocycles. The van der Waals surface area contributed by atoms with Crippen molar-refractivity contribution in [2.45, 2.75) is 113 Å². The van der Waals surface area contributed by atoms with Crippen molar-refractivity contribution in [3.8, 4) is 22.5 Å². The number of anilines is 8. The van der Waals surface area contributed by atoms with Crippen LogP contribution in [0.4, 0.5) is 45.5 Å². The summed E-state index contributed by atoms with van der Waals surface area (Å²) < 4.78 is 27.9. The Morgan fingerprint density at radius 2 is 0.775 bits per heavy atom. The fourth-order valence-corrected chi connectivity index (χ4v) is 12.0. The normalized spacial score (nSPS) is 16.0. The Balaban J connectivity index is 0.000000136. The maximum absolute atomic E-state index is 7.83. The molecule has 10 aromatic rings. The first-order valence-electron chi connectivity index (χ1n) is 32.9. The topological polar surface area (TPSA) is 27.2 Å². The van der Waals surface area contributed by atoms with Gasteiger partial charge in [0, 0.05) is 87.7 Å². The SMILES string of the molecule is CCc1ccc(-c2ccccc2C)[n+](C)c1.Cc1ccccc1-c1ccc(C(C)(C)C)c[n+]1C.Cc1ccccc1N1C=CN(c2ccccc2)C1C.Cc1ccccc1N1c2ccccc2N(C)C1C.[2H]C([2H])([2H])N1c2ccccc2N(c2ccccc2C)C1C. The highest BCUT2D eigenvalue weighted by Gasteiger charge is 2.33. The van der Waals surface area contributed by atoms with Crippen LogP contribution in [0.1, 0.15) is 91.5 Å². The van der Waals surface area contributed by atoms with Gasteiger partial charge in [0.05, 0.1) is 22.7 Å². The summed E-state index contributed by atoms with van der Waals surface area (Å²) in [6, 6.07) is 77.8. The molecule has 5 heterocycles. The molecule has 0 fully saturated rings. The van der Waals surface area contributed by atoms with E-state index in [1.54, 1.807) is 0 Å². The number of aromatic nitrogens is 2. The molecule has 8 heteroatoms. The van der Waals surface area contributed by atoms with Gasteiger partial charge in [0.25, 0.3) is 0 Å². The van der Waals surface area contributed by atoms with E-state index in [0.717, 1.165) is 29.0 Å². The molecule has 0 N–H and O–H groups in total. The summed E-state index contributed by atoms with van der Waals surface area (Å²) in [4.78, 5) is 12.9. The molecule has 3 aliphatic heterocycles. The van der Waals surface area contributed by atoms with Crippen molar-refractivity contribution in [3.63, 3.8) is 0 Å². The number of hydrogen-bond donors (Lipinski definition) is 0. The van der Waals surface area contributed by atoms with Crippen molar-refractivity contribution in [2.75, 3.05) is 43.4 Å². The van der Waals surface area contributed by atoms with Gasteiger partial charge in [-0.3, -0.25) is 0 Å². The molecule has 3 aliphatic rings. The van der Waals surface area contributed by atoms with Gasteiger partial charge in [-0.25, -0.2) is 9.13 Å². The number of fused-ring (bicyclic) bond motifs is 2. The molecule has 0 aliphatic carbocycles. The Hall–Kier alpha value is -9.40. The van der Waals surface area contributed by atoms with Gasteiger partial charge in [-0.2, -0.15) is 0 Å². The molecule has 3 atom stereocenters. The summed E-state index contributed by atoms with van der Waals surface area (Å²) in [5, 5.41) is 0.